The predicted octanol–water partition coefficient (Wildman–Crippen LogP) is 2.28. The van der Waals surface area contributed by atoms with E-state index in [9.17, 15) is 9.90 Å². The number of phenolic OH excluding ortho intramolecular Hbond substituents is 1. The molecule has 2 N–H and O–H groups in total. The Kier molecular flexibility index (Phi) is 3.12. The van der Waals surface area contributed by atoms with Gasteiger partial charge in [0.1, 0.15) is 5.75 Å². The molecule has 0 heterocycles. The van der Waals surface area contributed by atoms with Gasteiger partial charge in [0.05, 0.1) is 6.42 Å². The number of aliphatic carboxylic acids is 1. The van der Waals surface area contributed by atoms with Gasteiger partial charge in [-0.05, 0) is 24.5 Å². The van der Waals surface area contributed by atoms with Crippen molar-refractivity contribution in [2.75, 3.05) is 0 Å². The van der Waals surface area contributed by atoms with Crippen LogP contribution in [-0.2, 0) is 4.79 Å². The number of rotatable bonds is 3. The van der Waals surface area contributed by atoms with E-state index in [0.29, 0.717) is 0 Å². The Bertz CT molecular complexity index is 324. The lowest BCUT2D eigenvalue weighted by molar-refractivity contribution is -0.137. The minimum absolute atomic E-state index is 0.0401. The van der Waals surface area contributed by atoms with E-state index in [4.69, 9.17) is 5.11 Å². The van der Waals surface area contributed by atoms with Crippen molar-refractivity contribution in [3.8, 4) is 5.75 Å². The molecule has 0 saturated heterocycles. The Hall–Kier alpha value is -1.51. The zero-order valence-electron chi connectivity index (χ0n) is 8.32. The van der Waals surface area contributed by atoms with E-state index in [0.717, 1.165) is 11.1 Å². The molecule has 1 unspecified atom stereocenters. The van der Waals surface area contributed by atoms with Gasteiger partial charge in [0, 0.05) is 5.56 Å². The van der Waals surface area contributed by atoms with Gasteiger partial charge in [-0.25, -0.2) is 0 Å². The van der Waals surface area contributed by atoms with Gasteiger partial charge in [0.25, 0.3) is 0 Å². The molecule has 1 aromatic rings. The second-order valence-corrected chi connectivity index (χ2v) is 3.51. The molecule has 1 atom stereocenters. The topological polar surface area (TPSA) is 57.5 Å². The fourth-order valence-corrected chi connectivity index (χ4v) is 1.67. The number of carbonyl (C=O) groups is 1. The third-order valence-electron chi connectivity index (χ3n) is 2.27. The number of hydrogen-bond donors (Lipinski definition) is 2. The van der Waals surface area contributed by atoms with Crippen LogP contribution in [0.1, 0.15) is 30.4 Å². The molecule has 1 aromatic carbocycles. The van der Waals surface area contributed by atoms with E-state index in [1.807, 2.05) is 13.0 Å². The second kappa shape index (κ2) is 4.13. The van der Waals surface area contributed by atoms with Gasteiger partial charge in [-0.3, -0.25) is 4.79 Å². The minimum atomic E-state index is -0.847. The first kappa shape index (κ1) is 10.6. The quantitative estimate of drug-likeness (QED) is 0.776. The van der Waals surface area contributed by atoms with Crippen LogP contribution >= 0.6 is 0 Å². The maximum Gasteiger partial charge on any atom is 0.303 e. The van der Waals surface area contributed by atoms with Crippen molar-refractivity contribution in [2.24, 2.45) is 0 Å². The molecule has 0 aliphatic rings. The SMILES string of the molecule is Cc1cccc(O)c1C(C)CC(=O)O. The number of aryl methyl sites for hydroxylation is 1. The van der Waals surface area contributed by atoms with Crippen LogP contribution in [0.3, 0.4) is 0 Å². The standard InChI is InChI=1S/C11H14O3/c1-7-4-3-5-9(12)11(7)8(2)6-10(13)14/h3-5,8,12H,6H2,1-2H3,(H,13,14). The Morgan fingerprint density at radius 3 is 2.64 bits per heavy atom. The fourth-order valence-electron chi connectivity index (χ4n) is 1.67. The molecule has 3 nitrogen and oxygen atoms in total. The van der Waals surface area contributed by atoms with Crippen LogP contribution in [0.15, 0.2) is 18.2 Å². The van der Waals surface area contributed by atoms with Gasteiger partial charge in [-0.1, -0.05) is 19.1 Å². The van der Waals surface area contributed by atoms with Crippen LogP contribution in [0, 0.1) is 6.92 Å². The lowest BCUT2D eigenvalue weighted by Gasteiger charge is -2.13. The third-order valence-corrected chi connectivity index (χ3v) is 2.27. The molecule has 0 amide bonds. The molecule has 0 aliphatic heterocycles. The Morgan fingerprint density at radius 1 is 1.50 bits per heavy atom. The van der Waals surface area contributed by atoms with Crippen LogP contribution in [0.2, 0.25) is 0 Å². The highest BCUT2D eigenvalue weighted by molar-refractivity contribution is 5.68. The van der Waals surface area contributed by atoms with Gasteiger partial charge in [-0.2, -0.15) is 0 Å². The van der Waals surface area contributed by atoms with Crippen molar-refractivity contribution in [2.45, 2.75) is 26.2 Å². The average molecular weight is 194 g/mol. The number of hydrogen-bond acceptors (Lipinski definition) is 2. The summed E-state index contributed by atoms with van der Waals surface area (Å²) in [6, 6.07) is 5.20. The summed E-state index contributed by atoms with van der Waals surface area (Å²) in [5, 5.41) is 18.2. The molecule has 0 saturated carbocycles. The second-order valence-electron chi connectivity index (χ2n) is 3.51. The number of carboxylic acids is 1. The highest BCUT2D eigenvalue weighted by atomic mass is 16.4. The highest BCUT2D eigenvalue weighted by Gasteiger charge is 2.15. The monoisotopic (exact) mass is 194 g/mol. The van der Waals surface area contributed by atoms with E-state index in [1.165, 1.54) is 0 Å². The average Bonchev–Trinajstić information content (AvgIpc) is 2.01. The van der Waals surface area contributed by atoms with E-state index in [2.05, 4.69) is 0 Å². The van der Waals surface area contributed by atoms with Crippen molar-refractivity contribution in [3.63, 3.8) is 0 Å². The Balaban J connectivity index is 2.99. The molecule has 14 heavy (non-hydrogen) atoms. The number of carboxylic acid groups (broad SMARTS) is 1. The van der Waals surface area contributed by atoms with Crippen LogP contribution in [-0.4, -0.2) is 16.2 Å². The smallest absolute Gasteiger partial charge is 0.303 e. The summed E-state index contributed by atoms with van der Waals surface area (Å²) >= 11 is 0. The number of aromatic hydroxyl groups is 1. The molecule has 3 heteroatoms. The first-order valence-corrected chi connectivity index (χ1v) is 4.52. The van der Waals surface area contributed by atoms with Crippen LogP contribution in [0.5, 0.6) is 5.75 Å². The summed E-state index contributed by atoms with van der Waals surface area (Å²) in [6.07, 6.45) is 0.0401. The van der Waals surface area contributed by atoms with E-state index in [-0.39, 0.29) is 18.1 Å². The van der Waals surface area contributed by atoms with Gasteiger partial charge in [0.2, 0.25) is 0 Å². The minimum Gasteiger partial charge on any atom is -0.508 e. The predicted molar refractivity (Wildman–Crippen MR) is 53.5 cm³/mol. The van der Waals surface area contributed by atoms with Crippen LogP contribution in [0.25, 0.3) is 0 Å². The fraction of sp³-hybridized carbons (Fsp3) is 0.364. The van der Waals surface area contributed by atoms with Gasteiger partial charge < -0.3 is 10.2 Å². The molecule has 1 rings (SSSR count). The lowest BCUT2D eigenvalue weighted by Crippen LogP contribution is -2.04. The van der Waals surface area contributed by atoms with Crippen molar-refractivity contribution in [1.82, 2.24) is 0 Å². The van der Waals surface area contributed by atoms with Gasteiger partial charge in [-0.15, -0.1) is 0 Å². The Morgan fingerprint density at radius 2 is 2.14 bits per heavy atom. The van der Waals surface area contributed by atoms with Gasteiger partial charge in [0.15, 0.2) is 0 Å². The summed E-state index contributed by atoms with van der Waals surface area (Å²) in [7, 11) is 0. The summed E-state index contributed by atoms with van der Waals surface area (Å²) in [5.74, 6) is -0.826. The first-order chi connectivity index (χ1) is 6.52. The van der Waals surface area contributed by atoms with Crippen molar-refractivity contribution in [3.05, 3.63) is 29.3 Å². The summed E-state index contributed by atoms with van der Waals surface area (Å²) < 4.78 is 0. The summed E-state index contributed by atoms with van der Waals surface area (Å²) in [5.41, 5.74) is 1.66. The lowest BCUT2D eigenvalue weighted by atomic mass is 9.93. The molecule has 0 radical (unpaired) electrons. The molecule has 0 bridgehead atoms. The van der Waals surface area contributed by atoms with E-state index >= 15 is 0 Å². The first-order valence-electron chi connectivity index (χ1n) is 4.52. The zero-order chi connectivity index (χ0) is 10.7. The van der Waals surface area contributed by atoms with Crippen molar-refractivity contribution in [1.29, 1.82) is 0 Å². The number of phenols is 1. The maximum atomic E-state index is 10.5. The maximum absolute atomic E-state index is 10.5. The molecule has 0 fully saturated rings. The molecule has 76 valence electrons. The van der Waals surface area contributed by atoms with Crippen LogP contribution in [0.4, 0.5) is 0 Å². The van der Waals surface area contributed by atoms with Crippen molar-refractivity contribution < 1.29 is 15.0 Å². The summed E-state index contributed by atoms with van der Waals surface area (Å²) in [6.45, 7) is 3.67. The molecular formula is C11H14O3. The Labute approximate surface area is 83.0 Å². The zero-order valence-corrected chi connectivity index (χ0v) is 8.32. The van der Waals surface area contributed by atoms with E-state index in [1.54, 1.807) is 19.1 Å². The molecule has 0 spiro atoms. The highest BCUT2D eigenvalue weighted by Crippen LogP contribution is 2.30. The molecular weight excluding hydrogens is 180 g/mol. The largest absolute Gasteiger partial charge is 0.508 e. The van der Waals surface area contributed by atoms with Crippen LogP contribution < -0.4 is 0 Å². The molecule has 0 aliphatic carbocycles. The molecule has 0 aromatic heterocycles. The normalized spacial score (nSPS) is 12.4. The van der Waals surface area contributed by atoms with Crippen molar-refractivity contribution >= 4 is 5.97 Å². The van der Waals surface area contributed by atoms with E-state index < -0.39 is 5.97 Å². The summed E-state index contributed by atoms with van der Waals surface area (Å²) in [4.78, 5) is 10.5. The third kappa shape index (κ3) is 2.25. The van der Waals surface area contributed by atoms with Gasteiger partial charge >= 0.3 is 5.97 Å². The number of benzene rings is 1.